The molecule has 0 spiro atoms. The van der Waals surface area contributed by atoms with E-state index in [9.17, 15) is 9.59 Å². The van der Waals surface area contributed by atoms with Crippen LogP contribution in [0.15, 0.2) is 71.8 Å². The highest BCUT2D eigenvalue weighted by molar-refractivity contribution is 5.76. The van der Waals surface area contributed by atoms with Crippen LogP contribution < -0.4 is 15.2 Å². The summed E-state index contributed by atoms with van der Waals surface area (Å²) in [6.45, 7) is 7.67. The number of benzene rings is 2. The predicted molar refractivity (Wildman–Crippen MR) is 142 cm³/mol. The van der Waals surface area contributed by atoms with Gasteiger partial charge in [-0.2, -0.15) is 0 Å². The number of hydrogen-bond donors (Lipinski definition) is 0. The Morgan fingerprint density at radius 3 is 2.38 bits per heavy atom. The van der Waals surface area contributed by atoms with Gasteiger partial charge in [0.05, 0.1) is 6.61 Å². The van der Waals surface area contributed by atoms with Gasteiger partial charge in [0.2, 0.25) is 11.6 Å². The van der Waals surface area contributed by atoms with Crippen LogP contribution >= 0.6 is 0 Å². The van der Waals surface area contributed by atoms with E-state index in [1.54, 1.807) is 21.4 Å². The molecule has 1 atom stereocenters. The Balaban J connectivity index is 1.21. The highest BCUT2D eigenvalue weighted by Crippen LogP contribution is 2.18. The molecule has 37 heavy (non-hydrogen) atoms. The van der Waals surface area contributed by atoms with Crippen molar-refractivity contribution in [3.05, 3.63) is 83.2 Å². The number of amides is 1. The second-order valence-electron chi connectivity index (χ2n) is 9.43. The smallest absolute Gasteiger partial charge is 0.300 e. The zero-order chi connectivity index (χ0) is 25.8. The maximum atomic E-state index is 13.1. The molecule has 0 saturated carbocycles. The van der Waals surface area contributed by atoms with Gasteiger partial charge in [-0.15, -0.1) is 10.2 Å². The number of carbonyl (C=O) groups excluding carboxylic acids is 1. The summed E-state index contributed by atoms with van der Waals surface area (Å²) < 4.78 is 8.76. The van der Waals surface area contributed by atoms with Gasteiger partial charge in [-0.3, -0.25) is 18.6 Å². The van der Waals surface area contributed by atoms with E-state index in [-0.39, 0.29) is 23.0 Å². The molecule has 2 aromatic carbocycles. The summed E-state index contributed by atoms with van der Waals surface area (Å²) in [6, 6.07) is 17.7. The molecule has 2 aromatic heterocycles. The SMILES string of the molecule is CCOc1ccc(-n2ccn3c(C[C@H](C)CC(=O)N4CCN(c5ccccc5)CC4)nnc3c2=O)cc1. The van der Waals surface area contributed by atoms with Gasteiger partial charge in [-0.25, -0.2) is 0 Å². The molecule has 1 aliphatic heterocycles. The van der Waals surface area contributed by atoms with Crippen LogP contribution in [-0.4, -0.2) is 62.8 Å². The van der Waals surface area contributed by atoms with Gasteiger partial charge in [0.25, 0.3) is 0 Å². The summed E-state index contributed by atoms with van der Waals surface area (Å²) in [6.07, 6.45) is 4.52. The van der Waals surface area contributed by atoms with Crippen molar-refractivity contribution in [1.82, 2.24) is 24.1 Å². The van der Waals surface area contributed by atoms with Crippen molar-refractivity contribution < 1.29 is 9.53 Å². The molecule has 0 bridgehead atoms. The van der Waals surface area contributed by atoms with Crippen LogP contribution in [-0.2, 0) is 11.2 Å². The van der Waals surface area contributed by atoms with Gasteiger partial charge < -0.3 is 14.5 Å². The fourth-order valence-electron chi connectivity index (χ4n) is 4.81. The van der Waals surface area contributed by atoms with Crippen molar-refractivity contribution in [2.45, 2.75) is 26.7 Å². The van der Waals surface area contributed by atoms with Crippen molar-refractivity contribution in [3.63, 3.8) is 0 Å². The Morgan fingerprint density at radius 2 is 1.68 bits per heavy atom. The standard InChI is InChI=1S/C28H32N6O3/c1-3-37-24-11-9-23(10-12-24)33-17-18-34-25(29-30-27(34)28(33)36)19-21(2)20-26(35)32-15-13-31(14-16-32)22-7-5-4-6-8-22/h4-12,17-18,21H,3,13-16,19-20H2,1-2H3/t21-/m0/s1. The Bertz CT molecular complexity index is 1410. The average Bonchev–Trinajstić information content (AvgIpc) is 3.33. The number of carbonyl (C=O) groups is 1. The lowest BCUT2D eigenvalue weighted by Gasteiger charge is -2.36. The summed E-state index contributed by atoms with van der Waals surface area (Å²) >= 11 is 0. The molecule has 1 aliphatic rings. The minimum absolute atomic E-state index is 0.0700. The molecule has 0 radical (unpaired) electrons. The lowest BCUT2D eigenvalue weighted by atomic mass is 10.0. The molecular weight excluding hydrogens is 468 g/mol. The maximum absolute atomic E-state index is 13.1. The number of fused-ring (bicyclic) bond motifs is 1. The molecule has 1 fully saturated rings. The zero-order valence-corrected chi connectivity index (χ0v) is 21.3. The van der Waals surface area contributed by atoms with Crippen LogP contribution in [0.2, 0.25) is 0 Å². The van der Waals surface area contributed by atoms with E-state index in [2.05, 4.69) is 27.2 Å². The Kier molecular flexibility index (Phi) is 7.20. The van der Waals surface area contributed by atoms with Crippen molar-refractivity contribution in [1.29, 1.82) is 0 Å². The third-order valence-electron chi connectivity index (χ3n) is 6.78. The van der Waals surface area contributed by atoms with Crippen LogP contribution in [0, 0.1) is 5.92 Å². The first-order chi connectivity index (χ1) is 18.0. The highest BCUT2D eigenvalue weighted by atomic mass is 16.5. The van der Waals surface area contributed by atoms with Crippen LogP contribution in [0.3, 0.4) is 0 Å². The number of anilines is 1. The van der Waals surface area contributed by atoms with E-state index in [4.69, 9.17) is 4.74 Å². The van der Waals surface area contributed by atoms with Gasteiger partial charge in [-0.05, 0) is 49.2 Å². The van der Waals surface area contributed by atoms with Crippen molar-refractivity contribution >= 4 is 17.2 Å². The fourth-order valence-corrected chi connectivity index (χ4v) is 4.81. The van der Waals surface area contributed by atoms with E-state index >= 15 is 0 Å². The molecule has 0 unspecified atom stereocenters. The number of aromatic nitrogens is 4. The van der Waals surface area contributed by atoms with Crippen LogP contribution in [0.1, 0.15) is 26.1 Å². The quantitative estimate of drug-likeness (QED) is 0.369. The number of piperazine rings is 1. The van der Waals surface area contributed by atoms with Gasteiger partial charge in [0.1, 0.15) is 11.6 Å². The van der Waals surface area contributed by atoms with Crippen molar-refractivity contribution in [2.75, 3.05) is 37.7 Å². The molecular formula is C28H32N6O3. The first kappa shape index (κ1) is 24.5. The normalized spacial score (nSPS) is 14.6. The second kappa shape index (κ2) is 10.9. The lowest BCUT2D eigenvalue weighted by Crippen LogP contribution is -2.49. The fraction of sp³-hybridized carbons (Fsp3) is 0.357. The van der Waals surface area contributed by atoms with E-state index in [1.807, 2.05) is 61.2 Å². The molecule has 5 rings (SSSR count). The maximum Gasteiger partial charge on any atom is 0.300 e. The minimum atomic E-state index is -0.245. The summed E-state index contributed by atoms with van der Waals surface area (Å²) in [5.74, 6) is 1.67. The largest absolute Gasteiger partial charge is 0.494 e. The van der Waals surface area contributed by atoms with E-state index < -0.39 is 0 Å². The minimum Gasteiger partial charge on any atom is -0.494 e. The zero-order valence-electron chi connectivity index (χ0n) is 21.3. The topological polar surface area (TPSA) is 85.0 Å². The molecule has 192 valence electrons. The van der Waals surface area contributed by atoms with Gasteiger partial charge in [-0.1, -0.05) is 25.1 Å². The molecule has 1 saturated heterocycles. The first-order valence-electron chi connectivity index (χ1n) is 12.8. The van der Waals surface area contributed by atoms with Crippen LogP contribution in [0.4, 0.5) is 5.69 Å². The third-order valence-corrected chi connectivity index (χ3v) is 6.78. The molecule has 1 amide bonds. The van der Waals surface area contributed by atoms with E-state index in [0.29, 0.717) is 25.3 Å². The van der Waals surface area contributed by atoms with Gasteiger partial charge in [0, 0.05) is 62.8 Å². The number of nitrogens with zero attached hydrogens (tertiary/aromatic N) is 6. The third kappa shape index (κ3) is 5.35. The molecule has 0 N–H and O–H groups in total. The first-order valence-corrected chi connectivity index (χ1v) is 12.8. The Hall–Kier alpha value is -4.14. The van der Waals surface area contributed by atoms with Crippen LogP contribution in [0.25, 0.3) is 11.3 Å². The average molecular weight is 501 g/mol. The predicted octanol–water partition coefficient (Wildman–Crippen LogP) is 3.20. The second-order valence-corrected chi connectivity index (χ2v) is 9.43. The number of ether oxygens (including phenoxy) is 1. The lowest BCUT2D eigenvalue weighted by molar-refractivity contribution is -0.132. The van der Waals surface area contributed by atoms with Crippen molar-refractivity contribution in [3.8, 4) is 11.4 Å². The monoisotopic (exact) mass is 500 g/mol. The van der Waals surface area contributed by atoms with Gasteiger partial charge >= 0.3 is 5.56 Å². The van der Waals surface area contributed by atoms with Crippen LogP contribution in [0.5, 0.6) is 5.75 Å². The summed E-state index contributed by atoms with van der Waals surface area (Å²) in [4.78, 5) is 30.3. The summed E-state index contributed by atoms with van der Waals surface area (Å²) in [7, 11) is 0. The molecule has 3 heterocycles. The van der Waals surface area contributed by atoms with Crippen molar-refractivity contribution in [2.24, 2.45) is 5.92 Å². The molecule has 0 aliphatic carbocycles. The van der Waals surface area contributed by atoms with Gasteiger partial charge in [0.15, 0.2) is 0 Å². The molecule has 4 aromatic rings. The summed E-state index contributed by atoms with van der Waals surface area (Å²) in [5, 5.41) is 8.45. The summed E-state index contributed by atoms with van der Waals surface area (Å²) in [5.41, 5.74) is 1.95. The molecule has 9 nitrogen and oxygen atoms in total. The number of rotatable bonds is 8. The van der Waals surface area contributed by atoms with E-state index in [0.717, 1.165) is 37.6 Å². The number of hydrogen-bond acceptors (Lipinski definition) is 6. The Morgan fingerprint density at radius 1 is 0.946 bits per heavy atom. The van der Waals surface area contributed by atoms with E-state index in [1.165, 1.54) is 5.69 Å². The number of para-hydroxylation sites is 1. The highest BCUT2D eigenvalue weighted by Gasteiger charge is 2.23. The molecule has 9 heteroatoms. The Labute approximate surface area is 215 Å².